The molecule has 6 nitrogen and oxygen atoms in total. The number of aromatic nitrogens is 3. The van der Waals surface area contributed by atoms with Gasteiger partial charge in [0.2, 0.25) is 5.95 Å². The van der Waals surface area contributed by atoms with Gasteiger partial charge in [0.15, 0.2) is 5.69 Å². The molecule has 132 valence electrons. The van der Waals surface area contributed by atoms with Crippen molar-refractivity contribution >= 4 is 39.9 Å². The van der Waals surface area contributed by atoms with Gasteiger partial charge in [0.1, 0.15) is 0 Å². The van der Waals surface area contributed by atoms with Gasteiger partial charge in [0, 0.05) is 41.9 Å². The molecule has 1 fully saturated rings. The zero-order valence-corrected chi connectivity index (χ0v) is 14.9. The first-order valence-electron chi connectivity index (χ1n) is 8.64. The lowest BCUT2D eigenvalue weighted by molar-refractivity contribution is 0.102. The largest absolute Gasteiger partial charge is 0.341 e. The number of carbonyl (C=O) groups is 1. The van der Waals surface area contributed by atoms with Crippen molar-refractivity contribution in [1.82, 2.24) is 15.0 Å². The number of fused-ring (bicyclic) bond motifs is 1. The Morgan fingerprint density at radius 2 is 1.96 bits per heavy atom. The standard InChI is InChI=1S/C19H18ClN5O/c20-15-12-22-19(25-9-2-1-3-10-25)24-17(15)18(26)23-16-6-4-5-13-11-21-8-7-14(13)16/h4-8,11-12H,1-3,9-10H2,(H,23,26). The molecule has 1 aromatic carbocycles. The summed E-state index contributed by atoms with van der Waals surface area (Å²) in [7, 11) is 0. The SMILES string of the molecule is O=C(Nc1cccc2cnccc12)c1nc(N2CCCCC2)ncc1Cl. The lowest BCUT2D eigenvalue weighted by Crippen LogP contribution is -2.31. The van der Waals surface area contributed by atoms with Gasteiger partial charge in [0.25, 0.3) is 5.91 Å². The summed E-state index contributed by atoms with van der Waals surface area (Å²) < 4.78 is 0. The van der Waals surface area contributed by atoms with Gasteiger partial charge in [-0.1, -0.05) is 23.7 Å². The van der Waals surface area contributed by atoms with Crippen molar-refractivity contribution in [2.75, 3.05) is 23.3 Å². The number of hydrogen-bond donors (Lipinski definition) is 1. The number of benzene rings is 1. The highest BCUT2D eigenvalue weighted by molar-refractivity contribution is 6.34. The summed E-state index contributed by atoms with van der Waals surface area (Å²) in [5.74, 6) is 0.210. The quantitative estimate of drug-likeness (QED) is 0.759. The van der Waals surface area contributed by atoms with Crippen LogP contribution in [-0.4, -0.2) is 33.9 Å². The molecule has 1 amide bonds. The topological polar surface area (TPSA) is 71.0 Å². The summed E-state index contributed by atoms with van der Waals surface area (Å²) in [5, 5.41) is 5.02. The highest BCUT2D eigenvalue weighted by atomic mass is 35.5. The van der Waals surface area contributed by atoms with Crippen LogP contribution in [0.25, 0.3) is 10.8 Å². The fourth-order valence-corrected chi connectivity index (χ4v) is 3.35. The van der Waals surface area contributed by atoms with E-state index in [1.165, 1.54) is 12.6 Å². The fourth-order valence-electron chi connectivity index (χ4n) is 3.18. The van der Waals surface area contributed by atoms with Gasteiger partial charge >= 0.3 is 0 Å². The van der Waals surface area contributed by atoms with Crippen LogP contribution in [0.2, 0.25) is 5.02 Å². The van der Waals surface area contributed by atoms with Crippen LogP contribution in [0.5, 0.6) is 0 Å². The van der Waals surface area contributed by atoms with Gasteiger partial charge in [-0.2, -0.15) is 0 Å². The van der Waals surface area contributed by atoms with E-state index < -0.39 is 0 Å². The van der Waals surface area contributed by atoms with Crippen molar-refractivity contribution in [2.24, 2.45) is 0 Å². The predicted octanol–water partition coefficient (Wildman–Crippen LogP) is 3.92. The number of piperidine rings is 1. The highest BCUT2D eigenvalue weighted by Crippen LogP contribution is 2.24. The number of amides is 1. The van der Waals surface area contributed by atoms with Crippen LogP contribution >= 0.6 is 11.6 Å². The second-order valence-corrected chi connectivity index (χ2v) is 6.68. The van der Waals surface area contributed by atoms with E-state index in [4.69, 9.17) is 11.6 Å². The van der Waals surface area contributed by atoms with Crippen LogP contribution in [0.3, 0.4) is 0 Å². The van der Waals surface area contributed by atoms with Crippen LogP contribution in [0.1, 0.15) is 29.8 Å². The molecular formula is C19H18ClN5O. The second-order valence-electron chi connectivity index (χ2n) is 6.27. The molecule has 0 bridgehead atoms. The Kier molecular flexibility index (Phi) is 4.67. The number of anilines is 2. The van der Waals surface area contributed by atoms with Crippen LogP contribution < -0.4 is 10.2 Å². The van der Waals surface area contributed by atoms with Crippen molar-refractivity contribution in [3.8, 4) is 0 Å². The summed E-state index contributed by atoms with van der Waals surface area (Å²) >= 11 is 6.20. The molecule has 0 unspecified atom stereocenters. The van der Waals surface area contributed by atoms with E-state index in [1.807, 2.05) is 24.3 Å². The van der Waals surface area contributed by atoms with E-state index in [1.54, 1.807) is 12.4 Å². The Morgan fingerprint density at radius 3 is 2.81 bits per heavy atom. The van der Waals surface area contributed by atoms with E-state index in [9.17, 15) is 4.79 Å². The molecule has 1 aliphatic heterocycles. The predicted molar refractivity (Wildman–Crippen MR) is 103 cm³/mol. The lowest BCUT2D eigenvalue weighted by atomic mass is 10.1. The van der Waals surface area contributed by atoms with E-state index >= 15 is 0 Å². The number of pyridine rings is 1. The Bertz CT molecular complexity index is 950. The number of halogens is 1. The third kappa shape index (κ3) is 3.32. The molecule has 2 aromatic heterocycles. The molecule has 0 aliphatic carbocycles. The van der Waals surface area contributed by atoms with Gasteiger partial charge in [-0.3, -0.25) is 9.78 Å². The molecule has 1 aliphatic rings. The maximum atomic E-state index is 12.8. The summed E-state index contributed by atoms with van der Waals surface area (Å²) in [4.78, 5) is 27.7. The molecule has 0 saturated carbocycles. The van der Waals surface area contributed by atoms with Crippen LogP contribution in [0.15, 0.2) is 42.9 Å². The van der Waals surface area contributed by atoms with Gasteiger partial charge < -0.3 is 10.2 Å². The zero-order valence-electron chi connectivity index (χ0n) is 14.2. The van der Waals surface area contributed by atoms with E-state index in [0.29, 0.717) is 11.6 Å². The molecule has 26 heavy (non-hydrogen) atoms. The summed E-state index contributed by atoms with van der Waals surface area (Å²) in [5.41, 5.74) is 0.886. The maximum absolute atomic E-state index is 12.8. The first kappa shape index (κ1) is 16.7. The Morgan fingerprint density at radius 1 is 1.12 bits per heavy atom. The van der Waals surface area contributed by atoms with Gasteiger partial charge in [0.05, 0.1) is 11.2 Å². The Labute approximate surface area is 156 Å². The Balaban J connectivity index is 1.63. The highest BCUT2D eigenvalue weighted by Gasteiger charge is 2.19. The average Bonchev–Trinajstić information content (AvgIpc) is 2.69. The molecule has 0 atom stereocenters. The monoisotopic (exact) mass is 367 g/mol. The van der Waals surface area contributed by atoms with E-state index in [2.05, 4.69) is 25.2 Å². The van der Waals surface area contributed by atoms with Gasteiger partial charge in [-0.25, -0.2) is 9.97 Å². The third-order valence-corrected chi connectivity index (χ3v) is 4.79. The molecule has 1 saturated heterocycles. The number of nitrogens with one attached hydrogen (secondary N) is 1. The van der Waals surface area contributed by atoms with Gasteiger partial charge in [-0.05, 0) is 31.4 Å². The van der Waals surface area contributed by atoms with E-state index in [0.717, 1.165) is 36.7 Å². The van der Waals surface area contributed by atoms with Crippen molar-refractivity contribution < 1.29 is 4.79 Å². The summed E-state index contributed by atoms with van der Waals surface area (Å²) in [6.07, 6.45) is 8.39. The fraction of sp³-hybridized carbons (Fsp3) is 0.263. The van der Waals surface area contributed by atoms with Crippen molar-refractivity contribution in [2.45, 2.75) is 19.3 Å². The number of nitrogens with zero attached hydrogens (tertiary/aromatic N) is 4. The molecule has 4 rings (SSSR count). The summed E-state index contributed by atoms with van der Waals surface area (Å²) in [6.45, 7) is 1.80. The summed E-state index contributed by atoms with van der Waals surface area (Å²) in [6, 6.07) is 7.54. The molecule has 0 radical (unpaired) electrons. The maximum Gasteiger partial charge on any atom is 0.276 e. The first-order chi connectivity index (χ1) is 12.7. The molecule has 7 heteroatoms. The van der Waals surface area contributed by atoms with Crippen LogP contribution in [-0.2, 0) is 0 Å². The van der Waals surface area contributed by atoms with Gasteiger partial charge in [-0.15, -0.1) is 0 Å². The second kappa shape index (κ2) is 7.25. The molecule has 3 aromatic rings. The number of hydrogen-bond acceptors (Lipinski definition) is 5. The zero-order chi connectivity index (χ0) is 17.9. The minimum absolute atomic E-state index is 0.188. The van der Waals surface area contributed by atoms with Crippen LogP contribution in [0.4, 0.5) is 11.6 Å². The van der Waals surface area contributed by atoms with E-state index in [-0.39, 0.29) is 16.6 Å². The smallest absolute Gasteiger partial charge is 0.276 e. The third-order valence-electron chi connectivity index (χ3n) is 4.51. The van der Waals surface area contributed by atoms with Crippen molar-refractivity contribution in [1.29, 1.82) is 0 Å². The first-order valence-corrected chi connectivity index (χ1v) is 9.02. The normalized spacial score (nSPS) is 14.4. The number of rotatable bonds is 3. The number of carbonyl (C=O) groups excluding carboxylic acids is 1. The molecule has 0 spiro atoms. The minimum Gasteiger partial charge on any atom is -0.341 e. The minimum atomic E-state index is -0.347. The lowest BCUT2D eigenvalue weighted by Gasteiger charge is -2.26. The van der Waals surface area contributed by atoms with Crippen LogP contribution in [0, 0.1) is 0 Å². The Hall–Kier alpha value is -2.73. The van der Waals surface area contributed by atoms with Crippen molar-refractivity contribution in [3.05, 3.63) is 53.6 Å². The average molecular weight is 368 g/mol. The molecule has 1 N–H and O–H groups in total. The molecule has 3 heterocycles. The molecular weight excluding hydrogens is 350 g/mol. The van der Waals surface area contributed by atoms with Crippen molar-refractivity contribution in [3.63, 3.8) is 0 Å².